The van der Waals surface area contributed by atoms with Crippen molar-refractivity contribution in [1.82, 2.24) is 0 Å². The number of aldehydes is 1. The Labute approximate surface area is 183 Å². The summed E-state index contributed by atoms with van der Waals surface area (Å²) in [4.78, 5) is 47.1. The fourth-order valence-corrected chi connectivity index (χ4v) is 5.93. The summed E-state index contributed by atoms with van der Waals surface area (Å²) in [5.74, 6) is -2.03. The molecular formula is C24H34O7. The van der Waals surface area contributed by atoms with E-state index in [-0.39, 0.29) is 11.8 Å². The summed E-state index contributed by atoms with van der Waals surface area (Å²) >= 11 is 0. The van der Waals surface area contributed by atoms with Crippen molar-refractivity contribution < 1.29 is 33.8 Å². The van der Waals surface area contributed by atoms with Crippen molar-refractivity contribution >= 4 is 24.2 Å². The lowest BCUT2D eigenvalue weighted by Gasteiger charge is -2.59. The smallest absolute Gasteiger partial charge is 0.328 e. The number of ether oxygens (including phenoxy) is 2. The van der Waals surface area contributed by atoms with Gasteiger partial charge in [0.25, 0.3) is 0 Å². The number of carbonyl (C=O) groups is 4. The maximum absolute atomic E-state index is 12.5. The summed E-state index contributed by atoms with van der Waals surface area (Å²) < 4.78 is 11.2. The van der Waals surface area contributed by atoms with Gasteiger partial charge in [-0.15, -0.1) is 0 Å². The van der Waals surface area contributed by atoms with E-state index in [1.54, 1.807) is 13.8 Å². The maximum Gasteiger partial charge on any atom is 0.328 e. The Morgan fingerprint density at radius 3 is 2.29 bits per heavy atom. The van der Waals surface area contributed by atoms with Gasteiger partial charge in [-0.1, -0.05) is 24.1 Å². The Morgan fingerprint density at radius 2 is 1.77 bits per heavy atom. The van der Waals surface area contributed by atoms with E-state index in [0.717, 1.165) is 11.9 Å². The summed E-state index contributed by atoms with van der Waals surface area (Å²) in [6, 6.07) is 0. The second kappa shape index (κ2) is 9.37. The standard InChI is InChI=1S/C24H34O7/c1-14(11-21(28)29)7-9-18-15(2)8-10-20-23(18,5)12-19(30-16(3)26)22(31-17(4)27)24(20,6)13-25/h8,11,13,18-20,22H,7,9-10,12H2,1-6H3,(H,28,29). The topological polar surface area (TPSA) is 107 Å². The average molecular weight is 435 g/mol. The number of carboxylic acid groups (broad SMARTS) is 1. The lowest BCUT2D eigenvalue weighted by atomic mass is 9.46. The number of fused-ring (bicyclic) bond motifs is 1. The molecule has 31 heavy (non-hydrogen) atoms. The molecule has 6 unspecified atom stereocenters. The van der Waals surface area contributed by atoms with Crippen LogP contribution in [0.2, 0.25) is 0 Å². The largest absolute Gasteiger partial charge is 0.478 e. The van der Waals surface area contributed by atoms with Gasteiger partial charge < -0.3 is 19.4 Å². The van der Waals surface area contributed by atoms with Crippen LogP contribution in [0.1, 0.15) is 67.2 Å². The summed E-state index contributed by atoms with van der Waals surface area (Å²) in [5, 5.41) is 9.01. The highest BCUT2D eigenvalue weighted by molar-refractivity contribution is 5.80. The van der Waals surface area contributed by atoms with Gasteiger partial charge in [0, 0.05) is 19.9 Å². The van der Waals surface area contributed by atoms with Crippen LogP contribution in [0, 0.1) is 22.7 Å². The van der Waals surface area contributed by atoms with Gasteiger partial charge in [0.2, 0.25) is 0 Å². The molecule has 1 saturated carbocycles. The highest BCUT2D eigenvalue weighted by atomic mass is 16.6. The zero-order valence-electron chi connectivity index (χ0n) is 19.3. The number of hydrogen-bond donors (Lipinski definition) is 1. The number of allylic oxidation sites excluding steroid dienone is 3. The van der Waals surface area contributed by atoms with Gasteiger partial charge in [-0.2, -0.15) is 0 Å². The minimum atomic E-state index is -1.03. The van der Waals surface area contributed by atoms with Crippen LogP contribution in [-0.4, -0.2) is 41.5 Å². The van der Waals surface area contributed by atoms with Crippen LogP contribution in [0.25, 0.3) is 0 Å². The summed E-state index contributed by atoms with van der Waals surface area (Å²) in [7, 11) is 0. The normalized spacial score (nSPS) is 35.4. The van der Waals surface area contributed by atoms with Gasteiger partial charge in [0.1, 0.15) is 12.4 Å². The van der Waals surface area contributed by atoms with Gasteiger partial charge in [-0.05, 0) is 63.7 Å². The summed E-state index contributed by atoms with van der Waals surface area (Å²) in [6.45, 7) is 10.3. The molecule has 0 aromatic rings. The first-order chi connectivity index (χ1) is 14.3. The van der Waals surface area contributed by atoms with E-state index in [2.05, 4.69) is 19.9 Å². The average Bonchev–Trinajstić information content (AvgIpc) is 2.62. The Kier molecular flexibility index (Phi) is 7.50. The molecule has 0 spiro atoms. The first-order valence-corrected chi connectivity index (χ1v) is 10.7. The Bertz CT molecular complexity index is 811. The van der Waals surface area contributed by atoms with Crippen molar-refractivity contribution in [2.24, 2.45) is 22.7 Å². The van der Waals surface area contributed by atoms with Crippen molar-refractivity contribution in [2.45, 2.75) is 79.4 Å². The van der Waals surface area contributed by atoms with Gasteiger partial charge in [0.05, 0.1) is 5.41 Å². The van der Waals surface area contributed by atoms with Crippen molar-refractivity contribution in [3.8, 4) is 0 Å². The van der Waals surface area contributed by atoms with Gasteiger partial charge in [0.15, 0.2) is 6.10 Å². The maximum atomic E-state index is 12.5. The zero-order valence-corrected chi connectivity index (χ0v) is 19.3. The number of hydrogen-bond acceptors (Lipinski definition) is 6. The predicted octanol–water partition coefficient (Wildman–Crippen LogP) is 3.86. The SMILES string of the molecule is CC(=O)OC1CC2(C)C(CCC(C)=CC(=O)O)C(C)=CCC2C(C)(C=O)C1OC(C)=O. The van der Waals surface area contributed by atoms with Crippen molar-refractivity contribution in [3.05, 3.63) is 23.3 Å². The molecule has 0 bridgehead atoms. The third-order valence-corrected chi connectivity index (χ3v) is 7.22. The molecule has 6 atom stereocenters. The van der Waals surface area contributed by atoms with Crippen LogP contribution in [-0.2, 0) is 28.7 Å². The number of esters is 2. The Balaban J connectivity index is 2.49. The van der Waals surface area contributed by atoms with E-state index in [9.17, 15) is 19.2 Å². The molecule has 0 amide bonds. The van der Waals surface area contributed by atoms with E-state index in [1.807, 2.05) is 0 Å². The first-order valence-electron chi connectivity index (χ1n) is 10.7. The van der Waals surface area contributed by atoms with Crippen molar-refractivity contribution in [1.29, 1.82) is 0 Å². The summed E-state index contributed by atoms with van der Waals surface area (Å²) in [6.07, 6.45) is 5.04. The van der Waals surface area contributed by atoms with Gasteiger partial charge in [-0.25, -0.2) is 4.79 Å². The zero-order chi connectivity index (χ0) is 23.6. The molecule has 0 heterocycles. The lowest BCUT2D eigenvalue weighted by molar-refractivity contribution is -0.210. The molecule has 0 radical (unpaired) electrons. The van der Waals surface area contributed by atoms with Crippen LogP contribution in [0.4, 0.5) is 0 Å². The first kappa shape index (κ1) is 24.8. The number of aliphatic carboxylic acids is 1. The molecule has 1 N–H and O–H groups in total. The fraction of sp³-hybridized carbons (Fsp3) is 0.667. The molecule has 2 aliphatic carbocycles. The number of rotatable bonds is 7. The molecule has 0 saturated heterocycles. The highest BCUT2D eigenvalue weighted by Crippen LogP contribution is 2.61. The minimum absolute atomic E-state index is 0.0685. The van der Waals surface area contributed by atoms with Crippen molar-refractivity contribution in [3.63, 3.8) is 0 Å². The molecule has 0 aromatic heterocycles. The molecule has 172 valence electrons. The van der Waals surface area contributed by atoms with E-state index in [0.29, 0.717) is 25.7 Å². The second-order valence-corrected chi connectivity index (χ2v) is 9.53. The highest BCUT2D eigenvalue weighted by Gasteiger charge is 2.62. The number of carboxylic acids is 1. The molecule has 7 nitrogen and oxygen atoms in total. The lowest BCUT2D eigenvalue weighted by Crippen LogP contribution is -2.63. The Hall–Kier alpha value is -2.44. The van der Waals surface area contributed by atoms with E-state index >= 15 is 0 Å². The summed E-state index contributed by atoms with van der Waals surface area (Å²) in [5.41, 5.74) is 0.534. The van der Waals surface area contributed by atoms with Gasteiger partial charge in [-0.3, -0.25) is 9.59 Å². The van der Waals surface area contributed by atoms with Crippen LogP contribution >= 0.6 is 0 Å². The Morgan fingerprint density at radius 1 is 1.16 bits per heavy atom. The van der Waals surface area contributed by atoms with Gasteiger partial charge >= 0.3 is 17.9 Å². The van der Waals surface area contributed by atoms with Crippen molar-refractivity contribution in [2.75, 3.05) is 0 Å². The fourth-order valence-electron chi connectivity index (χ4n) is 5.93. The minimum Gasteiger partial charge on any atom is -0.478 e. The monoisotopic (exact) mass is 434 g/mol. The molecule has 2 aliphatic rings. The van der Waals surface area contributed by atoms with Crippen LogP contribution in [0.15, 0.2) is 23.3 Å². The van der Waals surface area contributed by atoms with E-state index in [4.69, 9.17) is 14.6 Å². The molecule has 2 rings (SSSR count). The molecular weight excluding hydrogens is 400 g/mol. The van der Waals surface area contributed by atoms with E-state index < -0.39 is 40.9 Å². The van der Waals surface area contributed by atoms with Crippen LogP contribution < -0.4 is 0 Å². The van der Waals surface area contributed by atoms with E-state index in [1.165, 1.54) is 25.5 Å². The molecule has 0 aliphatic heterocycles. The predicted molar refractivity (Wildman–Crippen MR) is 114 cm³/mol. The molecule has 7 heteroatoms. The second-order valence-electron chi connectivity index (χ2n) is 9.53. The van der Waals surface area contributed by atoms with Crippen LogP contribution in [0.5, 0.6) is 0 Å². The van der Waals surface area contributed by atoms with Crippen LogP contribution in [0.3, 0.4) is 0 Å². The molecule has 1 fully saturated rings. The quantitative estimate of drug-likeness (QED) is 0.281. The molecule has 0 aromatic carbocycles. The third kappa shape index (κ3) is 5.08. The third-order valence-electron chi connectivity index (χ3n) is 7.22. The number of carbonyl (C=O) groups excluding carboxylic acids is 3.